The van der Waals surface area contributed by atoms with Crippen LogP contribution in [0.25, 0.3) is 11.0 Å². The fourth-order valence-corrected chi connectivity index (χ4v) is 5.17. The summed E-state index contributed by atoms with van der Waals surface area (Å²) in [6, 6.07) is 28.6. The predicted molar refractivity (Wildman–Crippen MR) is 136 cm³/mol. The van der Waals surface area contributed by atoms with Gasteiger partial charge in [0.15, 0.2) is 0 Å². The molecule has 2 aliphatic heterocycles. The quantitative estimate of drug-likeness (QED) is 0.494. The van der Waals surface area contributed by atoms with E-state index in [9.17, 15) is 4.79 Å². The summed E-state index contributed by atoms with van der Waals surface area (Å²) in [5.74, 6) is 0.869. The van der Waals surface area contributed by atoms with E-state index >= 15 is 0 Å². The molecule has 3 aromatic carbocycles. The molecule has 1 aromatic heterocycles. The number of hydrogen-bond donors (Lipinski definition) is 1. The van der Waals surface area contributed by atoms with Gasteiger partial charge in [-0.1, -0.05) is 60.7 Å². The van der Waals surface area contributed by atoms with Crippen molar-refractivity contribution in [1.82, 2.24) is 14.5 Å². The van der Waals surface area contributed by atoms with Gasteiger partial charge in [0.2, 0.25) is 5.95 Å². The van der Waals surface area contributed by atoms with Crippen LogP contribution in [0.1, 0.15) is 18.5 Å². The van der Waals surface area contributed by atoms with Gasteiger partial charge in [0.05, 0.1) is 22.6 Å². The first kappa shape index (κ1) is 20.5. The Morgan fingerprint density at radius 3 is 2.24 bits per heavy atom. The van der Waals surface area contributed by atoms with Crippen molar-refractivity contribution < 1.29 is 4.79 Å². The average molecular weight is 450 g/mol. The Hall–Kier alpha value is -4.06. The maximum absolute atomic E-state index is 14.0. The van der Waals surface area contributed by atoms with Crippen molar-refractivity contribution in [1.29, 1.82) is 0 Å². The van der Waals surface area contributed by atoms with E-state index in [2.05, 4.69) is 57.2 Å². The number of nitrogens with zero attached hydrogens (tertiary/aromatic N) is 4. The number of imidazole rings is 1. The Balaban J connectivity index is 1.36. The third kappa shape index (κ3) is 3.43. The number of carbonyl (C=O) groups is 1. The molecule has 34 heavy (non-hydrogen) atoms. The molecule has 2 aliphatic rings. The standard InChI is InChI=1S/C28H27N5O/c1-20-25(27(34)32-18-16-31(17-19-32)22-12-6-3-7-13-22)26(21-10-4-2-5-11-21)33-24-15-9-8-14-23(24)30-28(33)29-20/h2-15,26H,16-19H2,1H3,(H,29,30)/t26-/m1/s1. The Labute approximate surface area is 199 Å². The Morgan fingerprint density at radius 1 is 0.853 bits per heavy atom. The summed E-state index contributed by atoms with van der Waals surface area (Å²) >= 11 is 0. The first-order valence-electron chi connectivity index (χ1n) is 11.8. The molecule has 6 heteroatoms. The highest BCUT2D eigenvalue weighted by molar-refractivity contribution is 5.98. The van der Waals surface area contributed by atoms with E-state index in [-0.39, 0.29) is 11.9 Å². The van der Waals surface area contributed by atoms with Crippen molar-refractivity contribution in [2.24, 2.45) is 0 Å². The number of benzene rings is 3. The lowest BCUT2D eigenvalue weighted by Gasteiger charge is -2.39. The van der Waals surface area contributed by atoms with E-state index in [1.807, 2.05) is 54.3 Å². The van der Waals surface area contributed by atoms with Crippen LogP contribution in [-0.4, -0.2) is 46.5 Å². The zero-order valence-electron chi connectivity index (χ0n) is 19.2. The molecule has 1 atom stereocenters. The summed E-state index contributed by atoms with van der Waals surface area (Å²) in [6.45, 7) is 5.04. The van der Waals surface area contributed by atoms with Crippen LogP contribution in [0.4, 0.5) is 11.6 Å². The number of piperazine rings is 1. The van der Waals surface area contributed by atoms with Crippen molar-refractivity contribution in [2.75, 3.05) is 36.4 Å². The Bertz CT molecular complexity index is 1370. The van der Waals surface area contributed by atoms with Gasteiger partial charge in [-0.05, 0) is 36.8 Å². The summed E-state index contributed by atoms with van der Waals surface area (Å²) < 4.78 is 2.17. The highest BCUT2D eigenvalue weighted by Crippen LogP contribution is 2.39. The predicted octanol–water partition coefficient (Wildman–Crippen LogP) is 4.67. The molecule has 3 heterocycles. The van der Waals surface area contributed by atoms with Gasteiger partial charge in [-0.15, -0.1) is 0 Å². The van der Waals surface area contributed by atoms with Gasteiger partial charge >= 0.3 is 0 Å². The van der Waals surface area contributed by atoms with E-state index in [1.165, 1.54) is 5.69 Å². The van der Waals surface area contributed by atoms with E-state index < -0.39 is 0 Å². The second-order valence-corrected chi connectivity index (χ2v) is 8.89. The number of rotatable bonds is 3. The second-order valence-electron chi connectivity index (χ2n) is 8.89. The number of carbonyl (C=O) groups excluding carboxylic acids is 1. The molecular weight excluding hydrogens is 422 g/mol. The molecule has 0 bridgehead atoms. The van der Waals surface area contributed by atoms with Crippen molar-refractivity contribution in [3.05, 3.63) is 102 Å². The molecule has 1 fully saturated rings. The SMILES string of the molecule is CC1=C(C(=O)N2CCN(c3ccccc3)CC2)[C@@H](c2ccccc2)n2c(nc3ccccc32)N1. The lowest BCUT2D eigenvalue weighted by molar-refractivity contribution is -0.127. The maximum Gasteiger partial charge on any atom is 0.254 e. The summed E-state index contributed by atoms with van der Waals surface area (Å²) in [5.41, 5.74) is 5.89. The van der Waals surface area contributed by atoms with Crippen LogP contribution in [0.2, 0.25) is 0 Å². The molecular formula is C28H27N5O. The summed E-state index contributed by atoms with van der Waals surface area (Å²) in [6.07, 6.45) is 0. The van der Waals surface area contributed by atoms with Crippen LogP contribution in [0, 0.1) is 0 Å². The summed E-state index contributed by atoms with van der Waals surface area (Å²) in [5, 5.41) is 3.43. The summed E-state index contributed by atoms with van der Waals surface area (Å²) in [4.78, 5) is 23.2. The maximum atomic E-state index is 14.0. The molecule has 4 aromatic rings. The molecule has 0 aliphatic carbocycles. The summed E-state index contributed by atoms with van der Waals surface area (Å²) in [7, 11) is 0. The molecule has 0 radical (unpaired) electrons. The van der Waals surface area contributed by atoms with Gasteiger partial charge in [0.25, 0.3) is 5.91 Å². The van der Waals surface area contributed by atoms with E-state index in [0.717, 1.165) is 46.9 Å². The third-order valence-corrected chi connectivity index (χ3v) is 6.86. The minimum atomic E-state index is -0.232. The molecule has 170 valence electrons. The Morgan fingerprint density at radius 2 is 1.50 bits per heavy atom. The first-order chi connectivity index (χ1) is 16.7. The van der Waals surface area contributed by atoms with Crippen LogP contribution < -0.4 is 10.2 Å². The van der Waals surface area contributed by atoms with Crippen LogP contribution in [0.3, 0.4) is 0 Å². The monoisotopic (exact) mass is 449 g/mol. The van der Waals surface area contributed by atoms with Crippen LogP contribution in [0.15, 0.2) is 96.2 Å². The van der Waals surface area contributed by atoms with Crippen LogP contribution in [0.5, 0.6) is 0 Å². The number of anilines is 2. The minimum Gasteiger partial charge on any atom is -0.368 e. The highest BCUT2D eigenvalue weighted by atomic mass is 16.2. The number of nitrogens with one attached hydrogen (secondary N) is 1. The average Bonchev–Trinajstić information content (AvgIpc) is 3.26. The van der Waals surface area contributed by atoms with Gasteiger partial charge in [-0.3, -0.25) is 9.36 Å². The van der Waals surface area contributed by atoms with Crippen molar-refractivity contribution in [3.63, 3.8) is 0 Å². The number of para-hydroxylation sites is 3. The van der Waals surface area contributed by atoms with Crippen molar-refractivity contribution in [2.45, 2.75) is 13.0 Å². The van der Waals surface area contributed by atoms with E-state index in [0.29, 0.717) is 13.1 Å². The van der Waals surface area contributed by atoms with E-state index in [4.69, 9.17) is 4.98 Å². The molecule has 0 spiro atoms. The topological polar surface area (TPSA) is 53.4 Å². The van der Waals surface area contributed by atoms with Crippen LogP contribution in [-0.2, 0) is 4.79 Å². The zero-order valence-corrected chi connectivity index (χ0v) is 19.2. The van der Waals surface area contributed by atoms with Crippen molar-refractivity contribution in [3.8, 4) is 0 Å². The van der Waals surface area contributed by atoms with E-state index in [1.54, 1.807) is 0 Å². The number of fused-ring (bicyclic) bond motifs is 3. The normalized spacial score (nSPS) is 18.1. The molecule has 0 saturated carbocycles. The number of hydrogen-bond acceptors (Lipinski definition) is 4. The zero-order chi connectivity index (χ0) is 23.1. The molecule has 6 rings (SSSR count). The molecule has 0 unspecified atom stereocenters. The van der Waals surface area contributed by atoms with Gasteiger partial charge in [-0.2, -0.15) is 0 Å². The first-order valence-corrected chi connectivity index (χ1v) is 11.8. The lowest BCUT2D eigenvalue weighted by Crippen LogP contribution is -2.50. The van der Waals surface area contributed by atoms with Gasteiger partial charge in [0.1, 0.15) is 0 Å². The molecule has 1 saturated heterocycles. The highest BCUT2D eigenvalue weighted by Gasteiger charge is 2.36. The number of amides is 1. The van der Waals surface area contributed by atoms with Gasteiger partial charge < -0.3 is 15.1 Å². The molecule has 1 amide bonds. The number of allylic oxidation sites excluding steroid dienone is 1. The molecule has 1 N–H and O–H groups in total. The fourth-order valence-electron chi connectivity index (χ4n) is 5.17. The third-order valence-electron chi connectivity index (χ3n) is 6.86. The minimum absolute atomic E-state index is 0.0926. The smallest absolute Gasteiger partial charge is 0.254 e. The largest absolute Gasteiger partial charge is 0.368 e. The second kappa shape index (κ2) is 8.37. The fraction of sp³-hybridized carbons (Fsp3) is 0.214. The van der Waals surface area contributed by atoms with Gasteiger partial charge in [-0.25, -0.2) is 4.98 Å². The lowest BCUT2D eigenvalue weighted by atomic mass is 9.93. The Kier molecular flexibility index (Phi) is 5.06. The van der Waals surface area contributed by atoms with Crippen molar-refractivity contribution >= 4 is 28.6 Å². The van der Waals surface area contributed by atoms with Gasteiger partial charge in [0, 0.05) is 37.6 Å². The molecule has 6 nitrogen and oxygen atoms in total. The van der Waals surface area contributed by atoms with Crippen LogP contribution >= 0.6 is 0 Å². The number of aromatic nitrogens is 2.